The van der Waals surface area contributed by atoms with E-state index in [4.69, 9.17) is 0 Å². The van der Waals surface area contributed by atoms with Gasteiger partial charge in [-0.1, -0.05) is 25.7 Å². The SMILES string of the molecule is CN(CC(=O)NC1(C#N)CCCCCC1)C1CCS(=O)(=O)C1. The summed E-state index contributed by atoms with van der Waals surface area (Å²) in [6.45, 7) is 0.142. The Morgan fingerprint density at radius 2 is 1.95 bits per heavy atom. The zero-order valence-corrected chi connectivity index (χ0v) is 14.0. The minimum Gasteiger partial charge on any atom is -0.337 e. The molecule has 1 unspecified atom stereocenters. The molecule has 0 aromatic rings. The van der Waals surface area contributed by atoms with Crippen LogP contribution in [0.4, 0.5) is 0 Å². The lowest BCUT2D eigenvalue weighted by Crippen LogP contribution is -2.51. The van der Waals surface area contributed by atoms with Gasteiger partial charge in [0.2, 0.25) is 5.91 Å². The van der Waals surface area contributed by atoms with Gasteiger partial charge in [0.05, 0.1) is 24.1 Å². The van der Waals surface area contributed by atoms with Crippen LogP contribution in [-0.2, 0) is 14.6 Å². The van der Waals surface area contributed by atoms with E-state index in [0.29, 0.717) is 19.3 Å². The van der Waals surface area contributed by atoms with E-state index in [1.807, 2.05) is 0 Å². The van der Waals surface area contributed by atoms with Crippen LogP contribution in [0.1, 0.15) is 44.9 Å². The second-order valence-corrected chi connectivity index (χ2v) is 8.86. The molecule has 0 spiro atoms. The van der Waals surface area contributed by atoms with Gasteiger partial charge >= 0.3 is 0 Å². The number of hydrogen-bond donors (Lipinski definition) is 1. The molecule has 2 aliphatic rings. The van der Waals surface area contributed by atoms with Gasteiger partial charge in [-0.3, -0.25) is 9.69 Å². The van der Waals surface area contributed by atoms with Crippen LogP contribution in [0.3, 0.4) is 0 Å². The van der Waals surface area contributed by atoms with Gasteiger partial charge in [0, 0.05) is 6.04 Å². The van der Waals surface area contributed by atoms with E-state index in [9.17, 15) is 18.5 Å². The topological polar surface area (TPSA) is 90.3 Å². The number of nitriles is 1. The Morgan fingerprint density at radius 1 is 1.32 bits per heavy atom. The lowest BCUT2D eigenvalue weighted by atomic mass is 9.92. The predicted octanol–water partition coefficient (Wildman–Crippen LogP) is 0.838. The molecule has 7 heteroatoms. The first kappa shape index (κ1) is 17.2. The second kappa shape index (κ2) is 6.97. The zero-order valence-electron chi connectivity index (χ0n) is 13.2. The van der Waals surface area contributed by atoms with E-state index in [0.717, 1.165) is 25.7 Å². The van der Waals surface area contributed by atoms with Gasteiger partial charge in [-0.05, 0) is 26.3 Å². The molecule has 1 amide bonds. The van der Waals surface area contributed by atoms with Crippen LogP contribution < -0.4 is 5.32 Å². The Balaban J connectivity index is 1.90. The molecule has 0 aromatic heterocycles. The van der Waals surface area contributed by atoms with E-state index >= 15 is 0 Å². The van der Waals surface area contributed by atoms with Crippen LogP contribution >= 0.6 is 0 Å². The van der Waals surface area contributed by atoms with Crippen LogP contribution in [0.2, 0.25) is 0 Å². The van der Waals surface area contributed by atoms with Crippen molar-refractivity contribution in [3.8, 4) is 6.07 Å². The van der Waals surface area contributed by atoms with Gasteiger partial charge in [-0.25, -0.2) is 8.42 Å². The van der Waals surface area contributed by atoms with Crippen molar-refractivity contribution >= 4 is 15.7 Å². The summed E-state index contributed by atoms with van der Waals surface area (Å²) in [5.74, 6) is 0.140. The minimum absolute atomic E-state index is 0.0945. The van der Waals surface area contributed by atoms with Crippen molar-refractivity contribution < 1.29 is 13.2 Å². The molecule has 0 bridgehead atoms. The third-order valence-electron chi connectivity index (χ3n) is 4.77. The highest BCUT2D eigenvalue weighted by Crippen LogP contribution is 2.26. The molecule has 2 fully saturated rings. The first-order chi connectivity index (χ1) is 10.4. The average molecular weight is 327 g/mol. The number of hydrogen-bond acceptors (Lipinski definition) is 5. The number of rotatable bonds is 4. The standard InChI is InChI=1S/C15H25N3O3S/c1-18(13-6-9-22(20,21)11-13)10-14(19)17-15(12-16)7-4-2-3-5-8-15/h13H,2-11H2,1H3,(H,17,19). The first-order valence-corrected chi connectivity index (χ1v) is 9.81. The highest BCUT2D eigenvalue weighted by atomic mass is 32.2. The molecule has 1 aliphatic heterocycles. The maximum atomic E-state index is 12.3. The normalized spacial score (nSPS) is 27.0. The zero-order chi connectivity index (χ0) is 16.2. The first-order valence-electron chi connectivity index (χ1n) is 7.99. The fraction of sp³-hybridized carbons (Fsp3) is 0.867. The minimum atomic E-state index is -2.95. The van der Waals surface area contributed by atoms with Crippen molar-refractivity contribution in [1.29, 1.82) is 5.26 Å². The van der Waals surface area contributed by atoms with Crippen molar-refractivity contribution in [2.75, 3.05) is 25.1 Å². The monoisotopic (exact) mass is 327 g/mol. The second-order valence-electron chi connectivity index (χ2n) is 6.63. The van der Waals surface area contributed by atoms with E-state index in [2.05, 4.69) is 11.4 Å². The van der Waals surface area contributed by atoms with Gasteiger partial charge in [-0.15, -0.1) is 0 Å². The third-order valence-corrected chi connectivity index (χ3v) is 6.52. The number of carbonyl (C=O) groups is 1. The number of nitrogens with zero attached hydrogens (tertiary/aromatic N) is 2. The third kappa shape index (κ3) is 4.43. The maximum Gasteiger partial charge on any atom is 0.235 e. The lowest BCUT2D eigenvalue weighted by molar-refractivity contribution is -0.123. The summed E-state index contributed by atoms with van der Waals surface area (Å²) in [5.41, 5.74) is -0.740. The number of amides is 1. The van der Waals surface area contributed by atoms with E-state index < -0.39 is 15.4 Å². The lowest BCUT2D eigenvalue weighted by Gasteiger charge is -2.29. The molecule has 6 nitrogen and oxygen atoms in total. The predicted molar refractivity (Wildman–Crippen MR) is 83.9 cm³/mol. The summed E-state index contributed by atoms with van der Waals surface area (Å²) in [6, 6.07) is 2.20. The fourth-order valence-electron chi connectivity index (χ4n) is 3.38. The summed E-state index contributed by atoms with van der Waals surface area (Å²) >= 11 is 0. The van der Waals surface area contributed by atoms with Crippen molar-refractivity contribution in [3.63, 3.8) is 0 Å². The summed E-state index contributed by atoms with van der Waals surface area (Å²) in [7, 11) is -1.18. The molecule has 0 aromatic carbocycles. The highest BCUT2D eigenvalue weighted by Gasteiger charge is 2.35. The molecule has 1 N–H and O–H groups in total. The van der Waals surface area contributed by atoms with Gasteiger partial charge < -0.3 is 5.32 Å². The molecule has 1 aliphatic carbocycles. The number of likely N-dealkylation sites (N-methyl/N-ethyl adjacent to an activating group) is 1. The molecule has 1 heterocycles. The Kier molecular flexibility index (Phi) is 5.45. The summed E-state index contributed by atoms with van der Waals surface area (Å²) < 4.78 is 23.0. The molecule has 0 radical (unpaired) electrons. The Morgan fingerprint density at radius 3 is 2.45 bits per heavy atom. The Labute approximate surface area is 132 Å². The van der Waals surface area contributed by atoms with Gasteiger partial charge in [0.15, 0.2) is 9.84 Å². The molecular weight excluding hydrogens is 302 g/mol. The Hall–Kier alpha value is -1.13. The van der Waals surface area contributed by atoms with Crippen molar-refractivity contribution in [2.45, 2.75) is 56.5 Å². The van der Waals surface area contributed by atoms with E-state index in [1.54, 1.807) is 11.9 Å². The number of carbonyl (C=O) groups excluding carboxylic acids is 1. The summed E-state index contributed by atoms with van der Waals surface area (Å²) in [4.78, 5) is 14.1. The fourth-order valence-corrected chi connectivity index (χ4v) is 5.19. The van der Waals surface area contributed by atoms with Crippen LogP contribution in [0, 0.1) is 11.3 Å². The van der Waals surface area contributed by atoms with Crippen LogP contribution in [0.25, 0.3) is 0 Å². The van der Waals surface area contributed by atoms with Crippen molar-refractivity contribution in [1.82, 2.24) is 10.2 Å². The van der Waals surface area contributed by atoms with E-state index in [-0.39, 0.29) is 30.0 Å². The number of sulfone groups is 1. The highest BCUT2D eigenvalue weighted by molar-refractivity contribution is 7.91. The molecule has 22 heavy (non-hydrogen) atoms. The quantitative estimate of drug-likeness (QED) is 0.773. The average Bonchev–Trinajstić information content (AvgIpc) is 2.68. The summed E-state index contributed by atoms with van der Waals surface area (Å²) in [5, 5.41) is 12.4. The van der Waals surface area contributed by atoms with Gasteiger partial charge in [0.25, 0.3) is 0 Å². The van der Waals surface area contributed by atoms with Gasteiger partial charge in [-0.2, -0.15) is 5.26 Å². The molecular formula is C15H25N3O3S. The van der Waals surface area contributed by atoms with Crippen LogP contribution in [-0.4, -0.2) is 55.9 Å². The molecule has 2 rings (SSSR count). The molecule has 1 atom stereocenters. The Bertz CT molecular complexity index is 545. The smallest absolute Gasteiger partial charge is 0.235 e. The van der Waals surface area contributed by atoms with Crippen molar-refractivity contribution in [2.24, 2.45) is 0 Å². The van der Waals surface area contributed by atoms with Crippen LogP contribution in [0.15, 0.2) is 0 Å². The van der Waals surface area contributed by atoms with E-state index in [1.165, 1.54) is 0 Å². The maximum absolute atomic E-state index is 12.3. The molecule has 1 saturated heterocycles. The van der Waals surface area contributed by atoms with Crippen molar-refractivity contribution in [3.05, 3.63) is 0 Å². The summed E-state index contributed by atoms with van der Waals surface area (Å²) in [6.07, 6.45) is 6.14. The molecule has 124 valence electrons. The van der Waals surface area contributed by atoms with Gasteiger partial charge in [0.1, 0.15) is 5.54 Å². The van der Waals surface area contributed by atoms with Crippen LogP contribution in [0.5, 0.6) is 0 Å². The number of nitrogens with one attached hydrogen (secondary N) is 1. The largest absolute Gasteiger partial charge is 0.337 e. The molecule has 1 saturated carbocycles.